The second kappa shape index (κ2) is 6.56. The molecule has 20 heavy (non-hydrogen) atoms. The summed E-state index contributed by atoms with van der Waals surface area (Å²) in [5.41, 5.74) is 1.98. The lowest BCUT2D eigenvalue weighted by Gasteiger charge is -1.99. The molecule has 1 heterocycles. The number of carbonyl (C=O) groups is 1. The number of amides is 1. The van der Waals surface area contributed by atoms with Gasteiger partial charge in [0.1, 0.15) is 0 Å². The van der Waals surface area contributed by atoms with Crippen LogP contribution in [-0.4, -0.2) is 10.9 Å². The number of benzene rings is 1. The van der Waals surface area contributed by atoms with E-state index in [2.05, 4.69) is 10.3 Å². The van der Waals surface area contributed by atoms with Gasteiger partial charge in [0.15, 0.2) is 5.13 Å². The molecule has 0 aliphatic carbocycles. The number of carbonyl (C=O) groups excluding carboxylic acids is 1. The van der Waals surface area contributed by atoms with Gasteiger partial charge >= 0.3 is 0 Å². The van der Waals surface area contributed by atoms with E-state index in [1.54, 1.807) is 0 Å². The summed E-state index contributed by atoms with van der Waals surface area (Å²) in [5, 5.41) is 3.24. The average molecular weight is 296 g/mol. The first kappa shape index (κ1) is 14.6. The van der Waals surface area contributed by atoms with Gasteiger partial charge < -0.3 is 5.32 Å². The van der Waals surface area contributed by atoms with E-state index in [1.807, 2.05) is 25.1 Å². The smallest absolute Gasteiger partial charge is 0.266 e. The minimum atomic E-state index is -1.70. The molecule has 1 aromatic heterocycles. The van der Waals surface area contributed by atoms with Crippen LogP contribution in [-0.2, 0) is 4.79 Å². The van der Waals surface area contributed by atoms with Crippen molar-refractivity contribution < 1.29 is 13.6 Å². The van der Waals surface area contributed by atoms with Crippen LogP contribution in [0.5, 0.6) is 0 Å². The summed E-state index contributed by atoms with van der Waals surface area (Å²) in [7, 11) is 0. The number of aromatic nitrogens is 1. The summed E-state index contributed by atoms with van der Waals surface area (Å²) < 4.78 is 24.6. The highest BCUT2D eigenvalue weighted by atomic mass is 32.1. The summed E-state index contributed by atoms with van der Waals surface area (Å²) >= 11 is 1.41. The van der Waals surface area contributed by atoms with Gasteiger partial charge in [0.25, 0.3) is 6.08 Å². The quantitative estimate of drug-likeness (QED) is 0.826. The van der Waals surface area contributed by atoms with Crippen molar-refractivity contribution >= 4 is 32.6 Å². The third-order valence-corrected chi connectivity index (χ3v) is 3.63. The number of allylic oxidation sites excluding steroid dienone is 1. The monoisotopic (exact) mass is 296 g/mol. The predicted octanol–water partition coefficient (Wildman–Crippen LogP) is 4.49. The highest BCUT2D eigenvalue weighted by molar-refractivity contribution is 7.22. The molecule has 0 radical (unpaired) electrons. The molecule has 1 N–H and O–H groups in total. The van der Waals surface area contributed by atoms with Crippen LogP contribution in [0.25, 0.3) is 10.2 Å². The van der Waals surface area contributed by atoms with E-state index in [1.165, 1.54) is 11.3 Å². The normalized spacial score (nSPS) is 10.6. The molecule has 0 bridgehead atoms. The third kappa shape index (κ3) is 4.09. The van der Waals surface area contributed by atoms with Crippen LogP contribution in [0.2, 0.25) is 0 Å². The van der Waals surface area contributed by atoms with E-state index in [0.29, 0.717) is 11.6 Å². The van der Waals surface area contributed by atoms with E-state index in [-0.39, 0.29) is 18.7 Å². The SMILES string of the molecule is Cc1ccc2nc(NC(=O)CCCC=C(F)F)sc2c1. The van der Waals surface area contributed by atoms with Gasteiger partial charge in [-0.15, -0.1) is 0 Å². The molecule has 1 amide bonds. The number of aryl methyl sites for hydroxylation is 1. The minimum Gasteiger partial charge on any atom is -0.302 e. The van der Waals surface area contributed by atoms with Gasteiger partial charge in [0, 0.05) is 6.42 Å². The molecule has 106 valence electrons. The Morgan fingerprint density at radius 2 is 2.25 bits per heavy atom. The predicted molar refractivity (Wildman–Crippen MR) is 77.1 cm³/mol. The molecule has 1 aromatic carbocycles. The molecule has 0 spiro atoms. The summed E-state index contributed by atoms with van der Waals surface area (Å²) in [4.78, 5) is 16.0. The average Bonchev–Trinajstić information content (AvgIpc) is 2.75. The number of anilines is 1. The van der Waals surface area contributed by atoms with E-state index in [9.17, 15) is 13.6 Å². The fourth-order valence-electron chi connectivity index (χ4n) is 1.74. The molecule has 0 aliphatic rings. The third-order valence-electron chi connectivity index (χ3n) is 2.70. The number of nitrogens with one attached hydrogen (secondary N) is 1. The first-order valence-corrected chi connectivity index (χ1v) is 7.04. The molecular formula is C14H14F2N2OS. The van der Waals surface area contributed by atoms with Gasteiger partial charge in [-0.1, -0.05) is 17.4 Å². The van der Waals surface area contributed by atoms with Crippen molar-refractivity contribution in [3.8, 4) is 0 Å². The van der Waals surface area contributed by atoms with Gasteiger partial charge in [0.05, 0.1) is 10.2 Å². The highest BCUT2D eigenvalue weighted by Crippen LogP contribution is 2.26. The summed E-state index contributed by atoms with van der Waals surface area (Å²) in [6.45, 7) is 1.99. The Labute approximate surface area is 119 Å². The number of hydrogen-bond donors (Lipinski definition) is 1. The zero-order valence-electron chi connectivity index (χ0n) is 11.0. The topological polar surface area (TPSA) is 42.0 Å². The van der Waals surface area contributed by atoms with Crippen molar-refractivity contribution in [2.24, 2.45) is 0 Å². The highest BCUT2D eigenvalue weighted by Gasteiger charge is 2.07. The van der Waals surface area contributed by atoms with Crippen molar-refractivity contribution in [1.29, 1.82) is 0 Å². The van der Waals surface area contributed by atoms with E-state index >= 15 is 0 Å². The Bertz CT molecular complexity index is 648. The van der Waals surface area contributed by atoms with E-state index < -0.39 is 6.08 Å². The Morgan fingerprint density at radius 3 is 3.00 bits per heavy atom. The van der Waals surface area contributed by atoms with Gasteiger partial charge in [-0.3, -0.25) is 4.79 Å². The minimum absolute atomic E-state index is 0.201. The fraction of sp³-hybridized carbons (Fsp3) is 0.286. The second-order valence-corrected chi connectivity index (χ2v) is 5.46. The first-order chi connectivity index (χ1) is 9.54. The summed E-state index contributed by atoms with van der Waals surface area (Å²) in [6.07, 6.45) is -0.0685. The van der Waals surface area contributed by atoms with Crippen LogP contribution in [0.4, 0.5) is 13.9 Å². The largest absolute Gasteiger partial charge is 0.302 e. The van der Waals surface area contributed by atoms with Crippen LogP contribution in [0, 0.1) is 6.92 Å². The molecule has 0 saturated heterocycles. The number of thiazole rings is 1. The van der Waals surface area contributed by atoms with Crippen molar-refractivity contribution in [3.05, 3.63) is 35.9 Å². The molecule has 0 aliphatic heterocycles. The Balaban J connectivity index is 1.91. The Morgan fingerprint density at radius 1 is 1.45 bits per heavy atom. The number of unbranched alkanes of at least 4 members (excludes halogenated alkanes) is 1. The summed E-state index contributed by atoms with van der Waals surface area (Å²) in [6, 6.07) is 5.88. The van der Waals surface area contributed by atoms with Crippen molar-refractivity contribution in [3.63, 3.8) is 0 Å². The van der Waals surface area contributed by atoms with Crippen LogP contribution in [0.3, 0.4) is 0 Å². The Kier molecular flexibility index (Phi) is 4.79. The lowest BCUT2D eigenvalue weighted by Crippen LogP contribution is -2.10. The molecule has 2 aromatic rings. The fourth-order valence-corrected chi connectivity index (χ4v) is 2.72. The van der Waals surface area contributed by atoms with Crippen LogP contribution >= 0.6 is 11.3 Å². The van der Waals surface area contributed by atoms with Crippen molar-refractivity contribution in [2.45, 2.75) is 26.2 Å². The molecule has 0 saturated carbocycles. The maximum atomic E-state index is 11.8. The van der Waals surface area contributed by atoms with E-state index in [0.717, 1.165) is 21.9 Å². The Hall–Kier alpha value is -1.82. The molecule has 6 heteroatoms. The van der Waals surface area contributed by atoms with Gasteiger partial charge in [-0.2, -0.15) is 8.78 Å². The number of hydrogen-bond acceptors (Lipinski definition) is 3. The molecule has 3 nitrogen and oxygen atoms in total. The van der Waals surface area contributed by atoms with Crippen molar-refractivity contribution in [2.75, 3.05) is 5.32 Å². The second-order valence-electron chi connectivity index (χ2n) is 4.42. The van der Waals surface area contributed by atoms with Crippen LogP contribution in [0.15, 0.2) is 30.4 Å². The maximum absolute atomic E-state index is 11.8. The van der Waals surface area contributed by atoms with Crippen LogP contribution in [0.1, 0.15) is 24.8 Å². The number of rotatable bonds is 5. The molecule has 0 unspecified atom stereocenters. The first-order valence-electron chi connectivity index (χ1n) is 6.23. The zero-order valence-corrected chi connectivity index (χ0v) is 11.8. The molecular weight excluding hydrogens is 282 g/mol. The lowest BCUT2D eigenvalue weighted by molar-refractivity contribution is -0.116. The number of fused-ring (bicyclic) bond motifs is 1. The van der Waals surface area contributed by atoms with Gasteiger partial charge in [-0.05, 0) is 43.5 Å². The molecule has 0 fully saturated rings. The molecule has 2 rings (SSSR count). The van der Waals surface area contributed by atoms with Crippen molar-refractivity contribution in [1.82, 2.24) is 4.98 Å². The lowest BCUT2D eigenvalue weighted by atomic mass is 10.2. The number of nitrogens with zero attached hydrogens (tertiary/aromatic N) is 1. The summed E-state index contributed by atoms with van der Waals surface area (Å²) in [5.74, 6) is -0.201. The standard InChI is InChI=1S/C14H14F2N2OS/c1-9-6-7-10-11(8-9)20-14(17-10)18-13(19)5-3-2-4-12(15)16/h4,6-8H,2-3,5H2,1H3,(H,17,18,19). The number of halogens is 2. The van der Waals surface area contributed by atoms with Gasteiger partial charge in [0.2, 0.25) is 5.91 Å². The van der Waals surface area contributed by atoms with Gasteiger partial charge in [-0.25, -0.2) is 4.98 Å². The zero-order chi connectivity index (χ0) is 14.5. The van der Waals surface area contributed by atoms with Crippen LogP contribution < -0.4 is 5.32 Å². The maximum Gasteiger partial charge on any atom is 0.266 e. The molecule has 0 atom stereocenters. The van der Waals surface area contributed by atoms with E-state index in [4.69, 9.17) is 0 Å².